The lowest BCUT2D eigenvalue weighted by atomic mass is 10.1. The van der Waals surface area contributed by atoms with Gasteiger partial charge in [0, 0.05) is 12.1 Å². The summed E-state index contributed by atoms with van der Waals surface area (Å²) in [7, 11) is 1.83. The molecule has 1 amide bonds. The minimum absolute atomic E-state index is 0.147. The highest BCUT2D eigenvalue weighted by molar-refractivity contribution is 6.19. The Bertz CT molecular complexity index is 348. The van der Waals surface area contributed by atoms with Crippen molar-refractivity contribution in [3.63, 3.8) is 0 Å². The van der Waals surface area contributed by atoms with E-state index in [4.69, 9.17) is 0 Å². The van der Waals surface area contributed by atoms with Gasteiger partial charge in [-0.15, -0.1) is 0 Å². The smallest absolute Gasteiger partial charge is 0.241 e. The van der Waals surface area contributed by atoms with Gasteiger partial charge in [0.2, 0.25) is 13.9 Å². The van der Waals surface area contributed by atoms with Gasteiger partial charge in [-0.05, 0) is 18.6 Å². The zero-order valence-electron chi connectivity index (χ0n) is 7.29. The third-order valence-corrected chi connectivity index (χ3v) is 2.25. The van der Waals surface area contributed by atoms with Crippen LogP contribution in [0.2, 0.25) is 0 Å². The van der Waals surface area contributed by atoms with Crippen molar-refractivity contribution in [3.8, 4) is 0 Å². The summed E-state index contributed by atoms with van der Waals surface area (Å²) in [6, 6.07) is 6.04. The van der Waals surface area contributed by atoms with Crippen molar-refractivity contribution in [3.05, 3.63) is 34.9 Å². The molecular weight excluding hydrogens is 149 g/mol. The van der Waals surface area contributed by atoms with Gasteiger partial charge in [-0.2, -0.15) is 0 Å². The first-order chi connectivity index (χ1) is 5.68. The van der Waals surface area contributed by atoms with Crippen LogP contribution in [0.4, 0.5) is 0 Å². The molecule has 3 heteroatoms. The molecule has 0 saturated heterocycles. The van der Waals surface area contributed by atoms with Gasteiger partial charge < -0.3 is 4.81 Å². The number of hydrogen-bond acceptors (Lipinski definition) is 1. The average Bonchev–Trinajstić information content (AvgIpc) is 2.31. The summed E-state index contributed by atoms with van der Waals surface area (Å²) in [6.07, 6.45) is 0. The van der Waals surface area contributed by atoms with Crippen LogP contribution >= 0.6 is 0 Å². The third-order valence-electron chi connectivity index (χ3n) is 2.25. The molecule has 0 N–H and O–H groups in total. The van der Waals surface area contributed by atoms with Crippen LogP contribution in [0.3, 0.4) is 0 Å². The van der Waals surface area contributed by atoms with Crippen LogP contribution in [0.5, 0.6) is 0 Å². The summed E-state index contributed by atoms with van der Waals surface area (Å²) in [5.41, 5.74) is 3.17. The molecule has 0 fully saturated rings. The summed E-state index contributed by atoms with van der Waals surface area (Å²) in [5, 5.41) is 0. The molecule has 1 aromatic carbocycles. The van der Waals surface area contributed by atoms with E-state index in [1.54, 1.807) is 4.81 Å². The first-order valence-corrected chi connectivity index (χ1v) is 4.03. The van der Waals surface area contributed by atoms with Crippen LogP contribution < -0.4 is 0 Å². The van der Waals surface area contributed by atoms with Gasteiger partial charge in [0.05, 0.1) is 0 Å². The van der Waals surface area contributed by atoms with Crippen molar-refractivity contribution in [2.24, 2.45) is 0 Å². The maximum absolute atomic E-state index is 11.5. The predicted octanol–water partition coefficient (Wildman–Crippen LogP) is 0.499. The van der Waals surface area contributed by atoms with E-state index in [1.807, 2.05) is 33.1 Å². The molecule has 0 radical (unpaired) electrons. The van der Waals surface area contributed by atoms with Crippen LogP contribution in [0, 0.1) is 6.92 Å². The molecule has 2 nitrogen and oxygen atoms in total. The van der Waals surface area contributed by atoms with Gasteiger partial charge in [-0.1, -0.05) is 17.7 Å². The van der Waals surface area contributed by atoms with Gasteiger partial charge in [0.1, 0.15) is 0 Å². The Morgan fingerprint density at radius 1 is 1.50 bits per heavy atom. The predicted molar refractivity (Wildman–Crippen MR) is 49.6 cm³/mol. The zero-order valence-corrected chi connectivity index (χ0v) is 7.29. The fourth-order valence-electron chi connectivity index (χ4n) is 1.56. The first kappa shape index (κ1) is 7.41. The Hall–Kier alpha value is -1.25. The van der Waals surface area contributed by atoms with Crippen molar-refractivity contribution in [1.29, 1.82) is 0 Å². The highest BCUT2D eigenvalue weighted by Gasteiger charge is 2.22. The standard InChI is InChI=1S/C9H10BNO/c1-6-2-3-7-5-11(10)9(12)8(7)4-6/h2-4H,5,10H2,1H3. The largest absolute Gasteiger partial charge is 0.386 e. The number of rotatable bonds is 0. The fourth-order valence-corrected chi connectivity index (χ4v) is 1.56. The molecule has 0 bridgehead atoms. The number of fused-ring (bicyclic) bond motifs is 1. The van der Waals surface area contributed by atoms with Crippen molar-refractivity contribution in [2.75, 3.05) is 0 Å². The third kappa shape index (κ3) is 0.933. The van der Waals surface area contributed by atoms with E-state index in [-0.39, 0.29) is 5.91 Å². The van der Waals surface area contributed by atoms with Crippen LogP contribution in [-0.4, -0.2) is 18.7 Å². The van der Waals surface area contributed by atoms with Crippen molar-refractivity contribution in [2.45, 2.75) is 13.5 Å². The molecule has 0 atom stereocenters. The summed E-state index contributed by atoms with van der Waals surface area (Å²) < 4.78 is 0. The second-order valence-corrected chi connectivity index (χ2v) is 3.32. The Morgan fingerprint density at radius 3 is 3.00 bits per heavy atom. The minimum Gasteiger partial charge on any atom is -0.386 e. The van der Waals surface area contributed by atoms with Gasteiger partial charge in [0.25, 0.3) is 0 Å². The topological polar surface area (TPSA) is 20.3 Å². The first-order valence-electron chi connectivity index (χ1n) is 4.03. The second-order valence-electron chi connectivity index (χ2n) is 3.32. The van der Waals surface area contributed by atoms with Crippen molar-refractivity contribution in [1.82, 2.24) is 4.81 Å². The lowest BCUT2D eigenvalue weighted by molar-refractivity contribution is 0.0880. The Balaban J connectivity index is 2.56. The Labute approximate surface area is 72.6 Å². The number of nitrogens with zero attached hydrogens (tertiary/aromatic N) is 1. The van der Waals surface area contributed by atoms with Crippen molar-refractivity contribution < 1.29 is 4.79 Å². The number of aryl methyl sites for hydroxylation is 1. The molecule has 1 aliphatic rings. The van der Waals surface area contributed by atoms with E-state index in [9.17, 15) is 4.79 Å². The van der Waals surface area contributed by atoms with Gasteiger partial charge in [0.15, 0.2) is 0 Å². The summed E-state index contributed by atoms with van der Waals surface area (Å²) >= 11 is 0. The van der Waals surface area contributed by atoms with Gasteiger partial charge in [-0.3, -0.25) is 4.79 Å². The lowest BCUT2D eigenvalue weighted by Crippen LogP contribution is -2.19. The molecule has 0 aromatic heterocycles. The lowest BCUT2D eigenvalue weighted by Gasteiger charge is -2.05. The van der Waals surface area contributed by atoms with Crippen LogP contribution in [0.15, 0.2) is 18.2 Å². The summed E-state index contributed by atoms with van der Waals surface area (Å²) in [5.74, 6) is 0.147. The van der Waals surface area contributed by atoms with Crippen LogP contribution in [0.25, 0.3) is 0 Å². The molecular formula is C9H10BNO. The molecule has 0 aliphatic carbocycles. The molecule has 0 unspecified atom stereocenters. The van der Waals surface area contributed by atoms with Crippen molar-refractivity contribution >= 4 is 13.9 Å². The molecule has 1 heterocycles. The maximum atomic E-state index is 11.5. The molecule has 2 rings (SSSR count). The highest BCUT2D eigenvalue weighted by atomic mass is 16.2. The Morgan fingerprint density at radius 2 is 2.25 bits per heavy atom. The number of carbonyl (C=O) groups excluding carboxylic acids is 1. The van der Waals surface area contributed by atoms with E-state index in [0.29, 0.717) is 0 Å². The van der Waals surface area contributed by atoms with Crippen LogP contribution in [0.1, 0.15) is 21.5 Å². The Kier molecular flexibility index (Phi) is 1.46. The van der Waals surface area contributed by atoms with E-state index in [0.717, 1.165) is 23.2 Å². The van der Waals surface area contributed by atoms with Gasteiger partial charge >= 0.3 is 0 Å². The monoisotopic (exact) mass is 159 g/mol. The summed E-state index contributed by atoms with van der Waals surface area (Å²) in [6.45, 7) is 2.76. The fraction of sp³-hybridized carbons (Fsp3) is 0.222. The highest BCUT2D eigenvalue weighted by Crippen LogP contribution is 2.21. The zero-order chi connectivity index (χ0) is 8.72. The molecule has 0 spiro atoms. The normalized spacial score (nSPS) is 15.1. The molecule has 0 saturated carbocycles. The molecule has 12 heavy (non-hydrogen) atoms. The number of benzene rings is 1. The number of carbonyl (C=O) groups is 1. The molecule has 60 valence electrons. The van der Waals surface area contributed by atoms with Gasteiger partial charge in [-0.25, -0.2) is 0 Å². The SMILES string of the molecule is BN1Cc2ccc(C)cc2C1=O. The number of amides is 1. The molecule has 1 aromatic rings. The second kappa shape index (κ2) is 2.37. The van der Waals surface area contributed by atoms with E-state index in [1.165, 1.54) is 0 Å². The molecule has 1 aliphatic heterocycles. The number of hydrogen-bond donors (Lipinski definition) is 0. The maximum Gasteiger partial charge on any atom is 0.241 e. The summed E-state index contributed by atoms with van der Waals surface area (Å²) in [4.78, 5) is 13.2. The van der Waals surface area contributed by atoms with E-state index >= 15 is 0 Å². The quantitative estimate of drug-likeness (QED) is 0.504. The average molecular weight is 159 g/mol. The minimum atomic E-state index is 0.147. The van der Waals surface area contributed by atoms with E-state index in [2.05, 4.69) is 0 Å². The van der Waals surface area contributed by atoms with Crippen LogP contribution in [-0.2, 0) is 6.54 Å². The van der Waals surface area contributed by atoms with E-state index < -0.39 is 0 Å².